The Morgan fingerprint density at radius 3 is 2.64 bits per heavy atom. The van der Waals surface area contributed by atoms with Crippen LogP contribution >= 0.6 is 24.0 Å². The van der Waals surface area contributed by atoms with E-state index in [1.165, 1.54) is 11.1 Å². The lowest BCUT2D eigenvalue weighted by molar-refractivity contribution is -0.116. The molecular weight excluding hydrogens is 467 g/mol. The first-order valence-electron chi connectivity index (χ1n) is 9.16. The minimum Gasteiger partial charge on any atom is -0.497 e. The number of ether oxygens (including phenoxy) is 1. The first-order chi connectivity index (χ1) is 13.2. The molecule has 0 bridgehead atoms. The molecule has 1 heterocycles. The number of nitrogens with one attached hydrogen (secondary N) is 3. The summed E-state index contributed by atoms with van der Waals surface area (Å²) in [7, 11) is 3.42. The van der Waals surface area contributed by atoms with Crippen LogP contribution in [0.5, 0.6) is 5.75 Å². The summed E-state index contributed by atoms with van der Waals surface area (Å²) in [5.74, 6) is 1.80. The summed E-state index contributed by atoms with van der Waals surface area (Å²) in [6.07, 6.45) is 1.37. The number of guanidine groups is 1. The molecule has 0 aliphatic carbocycles. The molecule has 6 nitrogen and oxygen atoms in total. The van der Waals surface area contributed by atoms with Gasteiger partial charge in [0.15, 0.2) is 5.96 Å². The van der Waals surface area contributed by atoms with E-state index in [0.717, 1.165) is 30.4 Å². The Bertz CT molecular complexity index is 808. The largest absolute Gasteiger partial charge is 0.497 e. The van der Waals surface area contributed by atoms with E-state index in [2.05, 4.69) is 39.1 Å². The number of para-hydroxylation sites is 1. The van der Waals surface area contributed by atoms with Crippen molar-refractivity contribution in [3.63, 3.8) is 0 Å². The molecule has 1 atom stereocenters. The van der Waals surface area contributed by atoms with E-state index < -0.39 is 0 Å². The van der Waals surface area contributed by atoms with Gasteiger partial charge in [-0.3, -0.25) is 9.79 Å². The number of rotatable bonds is 6. The zero-order valence-corrected chi connectivity index (χ0v) is 18.5. The molecule has 3 N–H and O–H groups in total. The Morgan fingerprint density at radius 1 is 1.18 bits per heavy atom. The van der Waals surface area contributed by atoms with Gasteiger partial charge >= 0.3 is 0 Å². The van der Waals surface area contributed by atoms with Crippen molar-refractivity contribution in [2.24, 2.45) is 4.99 Å². The molecule has 2 aromatic rings. The standard InChI is InChI=1S/C21H26N4O2.HI/c1-22-21(23-12-11-15-7-9-17(27-2)10-8-15)24-14-16-13-20(26)25-19-6-4-3-5-18(16)19;/h3-10,16H,11-14H2,1-2H3,(H,25,26)(H2,22,23,24);1H. The number of carbonyl (C=O) groups is 1. The van der Waals surface area contributed by atoms with Crippen LogP contribution < -0.4 is 20.7 Å². The van der Waals surface area contributed by atoms with Crippen molar-refractivity contribution in [2.45, 2.75) is 18.8 Å². The van der Waals surface area contributed by atoms with E-state index in [1.807, 2.05) is 30.3 Å². The lowest BCUT2D eigenvalue weighted by Crippen LogP contribution is -2.41. The minimum atomic E-state index is 0. The molecule has 1 unspecified atom stereocenters. The number of hydrogen-bond donors (Lipinski definition) is 3. The van der Waals surface area contributed by atoms with Crippen molar-refractivity contribution in [1.82, 2.24) is 10.6 Å². The number of hydrogen-bond acceptors (Lipinski definition) is 3. The van der Waals surface area contributed by atoms with E-state index in [9.17, 15) is 4.79 Å². The topological polar surface area (TPSA) is 74.8 Å². The molecular formula is C21H27IN4O2. The van der Waals surface area contributed by atoms with Crippen molar-refractivity contribution in [2.75, 3.05) is 32.6 Å². The van der Waals surface area contributed by atoms with Crippen LogP contribution in [0.2, 0.25) is 0 Å². The maximum absolute atomic E-state index is 11.9. The highest BCUT2D eigenvalue weighted by Crippen LogP contribution is 2.31. The van der Waals surface area contributed by atoms with E-state index in [4.69, 9.17) is 4.74 Å². The highest BCUT2D eigenvalue weighted by Gasteiger charge is 2.24. The second-order valence-electron chi connectivity index (χ2n) is 6.51. The van der Waals surface area contributed by atoms with E-state index in [1.54, 1.807) is 14.2 Å². The summed E-state index contributed by atoms with van der Waals surface area (Å²) >= 11 is 0. The lowest BCUT2D eigenvalue weighted by atomic mass is 9.90. The third-order valence-electron chi connectivity index (χ3n) is 4.71. The Kier molecular flexibility index (Phi) is 8.56. The summed E-state index contributed by atoms with van der Waals surface area (Å²) in [6.45, 7) is 1.43. The van der Waals surface area contributed by atoms with Gasteiger partial charge in [-0.25, -0.2) is 0 Å². The molecule has 0 fully saturated rings. The van der Waals surface area contributed by atoms with Crippen LogP contribution in [0.15, 0.2) is 53.5 Å². The number of anilines is 1. The van der Waals surface area contributed by atoms with Crippen LogP contribution in [0.4, 0.5) is 5.69 Å². The second kappa shape index (κ2) is 10.9. The highest BCUT2D eigenvalue weighted by molar-refractivity contribution is 14.0. The van der Waals surface area contributed by atoms with Gasteiger partial charge in [-0.15, -0.1) is 24.0 Å². The molecule has 1 amide bonds. The van der Waals surface area contributed by atoms with Crippen molar-refractivity contribution in [3.8, 4) is 5.75 Å². The minimum absolute atomic E-state index is 0. The molecule has 0 saturated heterocycles. The second-order valence-corrected chi connectivity index (χ2v) is 6.51. The predicted molar refractivity (Wildman–Crippen MR) is 124 cm³/mol. The fourth-order valence-electron chi connectivity index (χ4n) is 3.24. The third-order valence-corrected chi connectivity index (χ3v) is 4.71. The highest BCUT2D eigenvalue weighted by atomic mass is 127. The van der Waals surface area contributed by atoms with Crippen molar-refractivity contribution in [3.05, 3.63) is 59.7 Å². The number of halogens is 1. The summed E-state index contributed by atoms with van der Waals surface area (Å²) in [4.78, 5) is 16.2. The molecule has 150 valence electrons. The maximum Gasteiger partial charge on any atom is 0.225 e. The normalized spacial score (nSPS) is 15.7. The van der Waals surface area contributed by atoms with Gasteiger partial charge in [0, 0.05) is 38.2 Å². The molecule has 0 aromatic heterocycles. The Labute approximate surface area is 183 Å². The van der Waals surface area contributed by atoms with Crippen LogP contribution in [-0.4, -0.2) is 39.1 Å². The monoisotopic (exact) mass is 494 g/mol. The van der Waals surface area contributed by atoms with Crippen molar-refractivity contribution < 1.29 is 9.53 Å². The first kappa shape index (κ1) is 22.0. The molecule has 0 saturated carbocycles. The van der Waals surface area contributed by atoms with Crippen LogP contribution in [0.3, 0.4) is 0 Å². The van der Waals surface area contributed by atoms with Crippen LogP contribution in [-0.2, 0) is 11.2 Å². The Balaban J connectivity index is 0.00000280. The first-order valence-corrected chi connectivity index (χ1v) is 9.16. The molecule has 28 heavy (non-hydrogen) atoms. The van der Waals surface area contributed by atoms with Gasteiger partial charge < -0.3 is 20.7 Å². The number of methoxy groups -OCH3 is 1. The molecule has 1 aliphatic heterocycles. The summed E-state index contributed by atoms with van der Waals surface area (Å²) in [6, 6.07) is 16.0. The van der Waals surface area contributed by atoms with Gasteiger partial charge in [-0.05, 0) is 35.7 Å². The van der Waals surface area contributed by atoms with Crippen LogP contribution in [0.1, 0.15) is 23.5 Å². The number of fused-ring (bicyclic) bond motifs is 1. The number of aliphatic imine (C=N–C) groups is 1. The number of nitrogens with zero attached hydrogens (tertiary/aromatic N) is 1. The van der Waals surface area contributed by atoms with Crippen LogP contribution in [0.25, 0.3) is 0 Å². The fourth-order valence-corrected chi connectivity index (χ4v) is 3.24. The summed E-state index contributed by atoms with van der Waals surface area (Å²) in [5.41, 5.74) is 3.30. The van der Waals surface area contributed by atoms with E-state index in [0.29, 0.717) is 13.0 Å². The Hall–Kier alpha value is -2.29. The van der Waals surface area contributed by atoms with E-state index in [-0.39, 0.29) is 35.8 Å². The van der Waals surface area contributed by atoms with Gasteiger partial charge in [0.1, 0.15) is 5.75 Å². The van der Waals surface area contributed by atoms with Gasteiger partial charge in [0.05, 0.1) is 7.11 Å². The third kappa shape index (κ3) is 5.85. The average molecular weight is 494 g/mol. The summed E-state index contributed by atoms with van der Waals surface area (Å²) < 4.78 is 5.18. The predicted octanol–water partition coefficient (Wildman–Crippen LogP) is 3.15. The molecule has 0 spiro atoms. The molecule has 2 aromatic carbocycles. The molecule has 0 radical (unpaired) electrons. The van der Waals surface area contributed by atoms with Gasteiger partial charge in [0.25, 0.3) is 0 Å². The van der Waals surface area contributed by atoms with Gasteiger partial charge in [-0.2, -0.15) is 0 Å². The summed E-state index contributed by atoms with van der Waals surface area (Å²) in [5, 5.41) is 9.60. The van der Waals surface area contributed by atoms with Crippen molar-refractivity contribution >= 4 is 41.5 Å². The lowest BCUT2D eigenvalue weighted by Gasteiger charge is -2.26. The number of amides is 1. The van der Waals surface area contributed by atoms with Gasteiger partial charge in [0.2, 0.25) is 5.91 Å². The average Bonchev–Trinajstić information content (AvgIpc) is 2.70. The maximum atomic E-state index is 11.9. The quantitative estimate of drug-likeness (QED) is 0.328. The zero-order chi connectivity index (χ0) is 19.1. The fraction of sp³-hybridized carbons (Fsp3) is 0.333. The smallest absolute Gasteiger partial charge is 0.225 e. The van der Waals surface area contributed by atoms with E-state index >= 15 is 0 Å². The Morgan fingerprint density at radius 2 is 1.93 bits per heavy atom. The molecule has 3 rings (SSSR count). The number of benzene rings is 2. The van der Waals surface area contributed by atoms with Gasteiger partial charge in [-0.1, -0.05) is 30.3 Å². The zero-order valence-electron chi connectivity index (χ0n) is 16.2. The van der Waals surface area contributed by atoms with Crippen molar-refractivity contribution in [1.29, 1.82) is 0 Å². The molecule has 1 aliphatic rings. The SMILES string of the molecule is CN=C(NCCc1ccc(OC)cc1)NCC1CC(=O)Nc2ccccc21.I. The molecule has 7 heteroatoms. The van der Waals surface area contributed by atoms with Crippen LogP contribution in [0, 0.1) is 0 Å². The number of carbonyl (C=O) groups excluding carboxylic acids is 1.